The number of nitrogens with one attached hydrogen (secondary N) is 1. The Morgan fingerprint density at radius 1 is 1.20 bits per heavy atom. The molecule has 0 fully saturated rings. The summed E-state index contributed by atoms with van der Waals surface area (Å²) in [5.74, 6) is -1.23. The molecule has 1 N–H and O–H groups in total. The van der Waals surface area contributed by atoms with Crippen molar-refractivity contribution in [2.24, 2.45) is 5.92 Å². The van der Waals surface area contributed by atoms with Gasteiger partial charge in [-0.1, -0.05) is 12.1 Å². The van der Waals surface area contributed by atoms with E-state index >= 15 is 0 Å². The highest BCUT2D eigenvalue weighted by molar-refractivity contribution is 7.12. The summed E-state index contributed by atoms with van der Waals surface area (Å²) in [5.41, 5.74) is 3.29. The Kier molecular flexibility index (Phi) is 6.94. The van der Waals surface area contributed by atoms with E-state index in [0.29, 0.717) is 16.9 Å². The minimum atomic E-state index is -0.576. The van der Waals surface area contributed by atoms with Crippen molar-refractivity contribution >= 4 is 23.2 Å². The van der Waals surface area contributed by atoms with Crippen LogP contribution in [0.3, 0.4) is 0 Å². The van der Waals surface area contributed by atoms with Gasteiger partial charge in [-0.25, -0.2) is 0 Å². The number of pyridine rings is 1. The van der Waals surface area contributed by atoms with Crippen LogP contribution in [0.5, 0.6) is 0 Å². The molecular weight excluding hydrogens is 398 g/mol. The fourth-order valence-electron chi connectivity index (χ4n) is 3.17. The van der Waals surface area contributed by atoms with Crippen molar-refractivity contribution in [1.29, 1.82) is 5.26 Å². The van der Waals surface area contributed by atoms with Gasteiger partial charge in [0.1, 0.15) is 0 Å². The zero-order valence-electron chi connectivity index (χ0n) is 16.7. The normalized spacial score (nSPS) is 12.4. The fraction of sp³-hybridized carbons (Fsp3) is 0.217. The SMILES string of the molecule is COC(=O)C(Cc1cccc(C#N)c1)C(C)NC(=O)c1cc(-c2ccncc2)cs1. The van der Waals surface area contributed by atoms with Gasteiger partial charge in [-0.15, -0.1) is 11.3 Å². The Labute approximate surface area is 179 Å². The molecule has 2 heterocycles. The summed E-state index contributed by atoms with van der Waals surface area (Å²) >= 11 is 1.34. The quantitative estimate of drug-likeness (QED) is 0.588. The predicted molar refractivity (Wildman–Crippen MR) is 115 cm³/mol. The maximum Gasteiger partial charge on any atom is 0.311 e. The molecule has 30 heavy (non-hydrogen) atoms. The van der Waals surface area contributed by atoms with E-state index in [0.717, 1.165) is 16.7 Å². The van der Waals surface area contributed by atoms with E-state index in [4.69, 9.17) is 10.00 Å². The monoisotopic (exact) mass is 419 g/mol. The molecule has 0 aliphatic heterocycles. The van der Waals surface area contributed by atoms with E-state index in [1.54, 1.807) is 37.5 Å². The van der Waals surface area contributed by atoms with Gasteiger partial charge in [0, 0.05) is 18.4 Å². The molecular formula is C23H21N3O3S. The number of aromatic nitrogens is 1. The minimum Gasteiger partial charge on any atom is -0.469 e. The number of amides is 1. The molecule has 7 heteroatoms. The molecule has 0 spiro atoms. The minimum absolute atomic E-state index is 0.243. The number of carbonyl (C=O) groups excluding carboxylic acids is 2. The van der Waals surface area contributed by atoms with Gasteiger partial charge < -0.3 is 10.1 Å². The van der Waals surface area contributed by atoms with Crippen molar-refractivity contribution < 1.29 is 14.3 Å². The van der Waals surface area contributed by atoms with Crippen LogP contribution in [0.15, 0.2) is 60.2 Å². The second-order valence-electron chi connectivity index (χ2n) is 6.84. The molecule has 0 aliphatic carbocycles. The Hall–Kier alpha value is -3.50. The van der Waals surface area contributed by atoms with Crippen LogP contribution in [0.2, 0.25) is 0 Å². The third kappa shape index (κ3) is 5.10. The molecule has 2 unspecified atom stereocenters. The molecule has 2 atom stereocenters. The fourth-order valence-corrected chi connectivity index (χ4v) is 3.99. The van der Waals surface area contributed by atoms with Crippen molar-refractivity contribution in [2.45, 2.75) is 19.4 Å². The summed E-state index contributed by atoms with van der Waals surface area (Å²) in [7, 11) is 1.33. The molecule has 1 amide bonds. The first kappa shape index (κ1) is 21.2. The van der Waals surface area contributed by atoms with Crippen LogP contribution in [-0.4, -0.2) is 30.0 Å². The van der Waals surface area contributed by atoms with Gasteiger partial charge in [0.2, 0.25) is 0 Å². The highest BCUT2D eigenvalue weighted by atomic mass is 32.1. The van der Waals surface area contributed by atoms with Gasteiger partial charge in [0.25, 0.3) is 5.91 Å². The average Bonchev–Trinajstić information content (AvgIpc) is 3.28. The first-order valence-corrected chi connectivity index (χ1v) is 10.3. The summed E-state index contributed by atoms with van der Waals surface area (Å²) in [6, 6.07) is 14.3. The summed E-state index contributed by atoms with van der Waals surface area (Å²) < 4.78 is 4.95. The van der Waals surface area contributed by atoms with Crippen LogP contribution >= 0.6 is 11.3 Å². The van der Waals surface area contributed by atoms with E-state index < -0.39 is 17.9 Å². The summed E-state index contributed by atoms with van der Waals surface area (Å²) in [5, 5.41) is 13.9. The number of hydrogen-bond donors (Lipinski definition) is 1. The predicted octanol–water partition coefficient (Wildman–Crippen LogP) is 3.83. The number of esters is 1. The van der Waals surface area contributed by atoms with E-state index in [-0.39, 0.29) is 5.91 Å². The van der Waals surface area contributed by atoms with Gasteiger partial charge in [-0.05, 0) is 65.7 Å². The van der Waals surface area contributed by atoms with Crippen molar-refractivity contribution in [3.8, 4) is 17.2 Å². The molecule has 3 aromatic rings. The second-order valence-corrected chi connectivity index (χ2v) is 7.75. The molecule has 0 aliphatic rings. The Morgan fingerprint density at radius 2 is 1.97 bits per heavy atom. The molecule has 3 rings (SSSR count). The van der Waals surface area contributed by atoms with Crippen molar-refractivity contribution in [2.75, 3.05) is 7.11 Å². The van der Waals surface area contributed by atoms with Gasteiger partial charge in [-0.2, -0.15) is 5.26 Å². The third-order valence-corrected chi connectivity index (χ3v) is 5.74. The second kappa shape index (κ2) is 9.81. The highest BCUT2D eigenvalue weighted by Crippen LogP contribution is 2.25. The molecule has 0 radical (unpaired) electrons. The topological polar surface area (TPSA) is 92.1 Å². The molecule has 0 saturated carbocycles. The Balaban J connectivity index is 1.73. The Bertz CT molecular complexity index is 1070. The number of carbonyl (C=O) groups is 2. The lowest BCUT2D eigenvalue weighted by molar-refractivity contribution is -0.146. The summed E-state index contributed by atoms with van der Waals surface area (Å²) in [4.78, 5) is 29.7. The number of thiophene rings is 1. The largest absolute Gasteiger partial charge is 0.469 e. The number of benzene rings is 1. The van der Waals surface area contributed by atoms with Gasteiger partial charge in [0.05, 0.1) is 29.5 Å². The van der Waals surface area contributed by atoms with E-state index in [1.165, 1.54) is 18.4 Å². The molecule has 6 nitrogen and oxygen atoms in total. The Morgan fingerprint density at radius 3 is 2.67 bits per heavy atom. The summed E-state index contributed by atoms with van der Waals surface area (Å²) in [6.45, 7) is 1.78. The first-order valence-electron chi connectivity index (χ1n) is 9.38. The van der Waals surface area contributed by atoms with Crippen LogP contribution in [0, 0.1) is 17.2 Å². The smallest absolute Gasteiger partial charge is 0.311 e. The third-order valence-electron chi connectivity index (χ3n) is 4.81. The number of methoxy groups -OCH3 is 1. The zero-order chi connectivity index (χ0) is 21.5. The van der Waals surface area contributed by atoms with Crippen LogP contribution in [0.1, 0.15) is 27.7 Å². The van der Waals surface area contributed by atoms with Crippen LogP contribution in [-0.2, 0) is 16.0 Å². The lowest BCUT2D eigenvalue weighted by Crippen LogP contribution is -2.42. The van der Waals surface area contributed by atoms with Crippen molar-refractivity contribution in [3.05, 3.63) is 76.2 Å². The average molecular weight is 420 g/mol. The van der Waals surface area contributed by atoms with Crippen molar-refractivity contribution in [1.82, 2.24) is 10.3 Å². The van der Waals surface area contributed by atoms with Crippen LogP contribution < -0.4 is 5.32 Å². The van der Waals surface area contributed by atoms with Crippen molar-refractivity contribution in [3.63, 3.8) is 0 Å². The standard InChI is InChI=1S/C23H21N3O3S/c1-15(20(23(28)29-2)11-16-4-3-5-17(10-16)13-24)26-22(27)21-12-19(14-30-21)18-6-8-25-9-7-18/h3-10,12,14-15,20H,11H2,1-2H3,(H,26,27). The number of hydrogen-bond acceptors (Lipinski definition) is 6. The number of rotatable bonds is 7. The molecule has 0 bridgehead atoms. The number of nitriles is 1. The summed E-state index contributed by atoms with van der Waals surface area (Å²) in [6.07, 6.45) is 3.77. The zero-order valence-corrected chi connectivity index (χ0v) is 17.5. The number of ether oxygens (including phenoxy) is 1. The lowest BCUT2D eigenvalue weighted by atomic mass is 9.92. The van der Waals surface area contributed by atoms with Crippen LogP contribution in [0.25, 0.3) is 11.1 Å². The molecule has 2 aromatic heterocycles. The maximum atomic E-state index is 12.8. The molecule has 0 saturated heterocycles. The molecule has 1 aromatic carbocycles. The van der Waals surface area contributed by atoms with E-state index in [9.17, 15) is 9.59 Å². The van der Waals surface area contributed by atoms with Gasteiger partial charge in [-0.3, -0.25) is 14.6 Å². The van der Waals surface area contributed by atoms with E-state index in [1.807, 2.05) is 29.6 Å². The van der Waals surface area contributed by atoms with E-state index in [2.05, 4.69) is 16.4 Å². The van der Waals surface area contributed by atoms with Crippen LogP contribution in [0.4, 0.5) is 0 Å². The number of nitrogens with zero attached hydrogens (tertiary/aromatic N) is 2. The molecule has 152 valence electrons. The van der Waals surface area contributed by atoms with Gasteiger partial charge >= 0.3 is 5.97 Å². The van der Waals surface area contributed by atoms with Gasteiger partial charge in [0.15, 0.2) is 0 Å². The first-order chi connectivity index (χ1) is 14.5. The maximum absolute atomic E-state index is 12.8. The highest BCUT2D eigenvalue weighted by Gasteiger charge is 2.28. The lowest BCUT2D eigenvalue weighted by Gasteiger charge is -2.23.